The summed E-state index contributed by atoms with van der Waals surface area (Å²) in [6, 6.07) is 4.37. The molecule has 3 rings (SSSR count). The van der Waals surface area contributed by atoms with Gasteiger partial charge >= 0.3 is 0 Å². The Balaban J connectivity index is 1.73. The maximum absolute atomic E-state index is 13.3. The van der Waals surface area contributed by atoms with Crippen LogP contribution in [0.2, 0.25) is 0 Å². The number of rotatable bonds is 5. The van der Waals surface area contributed by atoms with Crippen molar-refractivity contribution in [1.29, 1.82) is 0 Å². The molecule has 1 unspecified atom stereocenters. The Labute approximate surface area is 154 Å². The second-order valence-electron chi connectivity index (χ2n) is 7.33. The SMILES string of the molecule is Cc1cc(F)ccc1C(=O)N1CCCC(c2nccn2CCN(C)C)C1. The number of amides is 1. The molecule has 26 heavy (non-hydrogen) atoms. The summed E-state index contributed by atoms with van der Waals surface area (Å²) in [6.07, 6.45) is 5.85. The van der Waals surface area contributed by atoms with Crippen molar-refractivity contribution < 1.29 is 9.18 Å². The molecule has 6 heteroatoms. The number of hydrogen-bond acceptors (Lipinski definition) is 3. The molecule has 2 aromatic rings. The van der Waals surface area contributed by atoms with Crippen molar-refractivity contribution in [3.8, 4) is 0 Å². The lowest BCUT2D eigenvalue weighted by Crippen LogP contribution is -2.40. The maximum Gasteiger partial charge on any atom is 0.254 e. The smallest absolute Gasteiger partial charge is 0.254 e. The van der Waals surface area contributed by atoms with Gasteiger partial charge in [0.1, 0.15) is 11.6 Å². The number of likely N-dealkylation sites (N-methyl/N-ethyl adjacent to an activating group) is 1. The Morgan fingerprint density at radius 2 is 2.19 bits per heavy atom. The number of carbonyl (C=O) groups is 1. The summed E-state index contributed by atoms with van der Waals surface area (Å²) in [5.74, 6) is 0.975. The van der Waals surface area contributed by atoms with Crippen LogP contribution in [0.3, 0.4) is 0 Å². The molecule has 5 nitrogen and oxygen atoms in total. The molecule has 1 aromatic heterocycles. The molecule has 1 atom stereocenters. The van der Waals surface area contributed by atoms with Gasteiger partial charge < -0.3 is 14.4 Å². The van der Waals surface area contributed by atoms with E-state index >= 15 is 0 Å². The minimum absolute atomic E-state index is 0.0152. The lowest BCUT2D eigenvalue weighted by atomic mass is 9.96. The van der Waals surface area contributed by atoms with E-state index < -0.39 is 0 Å². The van der Waals surface area contributed by atoms with Gasteiger partial charge in [0.05, 0.1) is 0 Å². The van der Waals surface area contributed by atoms with E-state index in [1.165, 1.54) is 12.1 Å². The fourth-order valence-corrected chi connectivity index (χ4v) is 3.59. The highest BCUT2D eigenvalue weighted by Gasteiger charge is 2.28. The predicted octanol–water partition coefficient (Wildman–Crippen LogP) is 2.91. The molecule has 2 heterocycles. The molecule has 0 aliphatic carbocycles. The molecular formula is C20H27FN4O. The molecule has 0 bridgehead atoms. The van der Waals surface area contributed by atoms with Crippen molar-refractivity contribution in [1.82, 2.24) is 19.4 Å². The fraction of sp³-hybridized carbons (Fsp3) is 0.500. The summed E-state index contributed by atoms with van der Waals surface area (Å²) in [5, 5.41) is 0. The number of halogens is 1. The summed E-state index contributed by atoms with van der Waals surface area (Å²) in [4.78, 5) is 21.5. The average Bonchev–Trinajstić information content (AvgIpc) is 3.08. The quantitative estimate of drug-likeness (QED) is 0.825. The monoisotopic (exact) mass is 358 g/mol. The van der Waals surface area contributed by atoms with Crippen LogP contribution in [-0.4, -0.2) is 59.0 Å². The normalized spacial score (nSPS) is 17.7. The Morgan fingerprint density at radius 1 is 1.38 bits per heavy atom. The van der Waals surface area contributed by atoms with E-state index in [1.54, 1.807) is 13.0 Å². The molecule has 140 valence electrons. The van der Waals surface area contributed by atoms with Crippen LogP contribution in [0.1, 0.15) is 40.5 Å². The first kappa shape index (κ1) is 18.6. The van der Waals surface area contributed by atoms with Gasteiger partial charge in [-0.3, -0.25) is 4.79 Å². The standard InChI is InChI=1S/C20H27FN4O/c1-15-13-17(21)6-7-18(15)20(26)25-9-4-5-16(14-25)19-22-8-10-24(19)12-11-23(2)3/h6-8,10,13,16H,4-5,9,11-12,14H2,1-3H3. The zero-order valence-corrected chi connectivity index (χ0v) is 15.8. The van der Waals surface area contributed by atoms with Gasteiger partial charge in [-0.05, 0) is 57.6 Å². The summed E-state index contributed by atoms with van der Waals surface area (Å²) in [6.45, 7) is 5.03. The first-order valence-electron chi connectivity index (χ1n) is 9.17. The third-order valence-electron chi connectivity index (χ3n) is 5.03. The van der Waals surface area contributed by atoms with Crippen LogP contribution in [0.4, 0.5) is 4.39 Å². The van der Waals surface area contributed by atoms with Gasteiger partial charge in [0.2, 0.25) is 0 Å². The van der Waals surface area contributed by atoms with Gasteiger partial charge in [0.15, 0.2) is 0 Å². The highest BCUT2D eigenvalue weighted by atomic mass is 19.1. The molecule has 1 aromatic carbocycles. The van der Waals surface area contributed by atoms with E-state index in [-0.39, 0.29) is 17.6 Å². The number of hydrogen-bond donors (Lipinski definition) is 0. The zero-order valence-electron chi connectivity index (χ0n) is 15.8. The first-order valence-corrected chi connectivity index (χ1v) is 9.17. The highest BCUT2D eigenvalue weighted by Crippen LogP contribution is 2.27. The van der Waals surface area contributed by atoms with Crippen LogP contribution in [0.15, 0.2) is 30.6 Å². The Morgan fingerprint density at radius 3 is 2.92 bits per heavy atom. The number of aromatic nitrogens is 2. The van der Waals surface area contributed by atoms with Crippen LogP contribution >= 0.6 is 0 Å². The number of nitrogens with zero attached hydrogens (tertiary/aromatic N) is 4. The number of carbonyl (C=O) groups excluding carboxylic acids is 1. The van der Waals surface area contributed by atoms with Crippen LogP contribution in [0, 0.1) is 12.7 Å². The maximum atomic E-state index is 13.3. The summed E-state index contributed by atoms with van der Waals surface area (Å²) in [7, 11) is 4.12. The topological polar surface area (TPSA) is 41.4 Å². The molecule has 1 aliphatic rings. The van der Waals surface area contributed by atoms with Crippen molar-refractivity contribution in [3.63, 3.8) is 0 Å². The van der Waals surface area contributed by atoms with E-state index in [1.807, 2.05) is 17.3 Å². The van der Waals surface area contributed by atoms with Crippen LogP contribution in [-0.2, 0) is 6.54 Å². The van der Waals surface area contributed by atoms with Crippen LogP contribution in [0.5, 0.6) is 0 Å². The van der Waals surface area contributed by atoms with Gasteiger partial charge in [-0.15, -0.1) is 0 Å². The Kier molecular flexibility index (Phi) is 5.71. The molecule has 0 N–H and O–H groups in total. The number of likely N-dealkylation sites (tertiary alicyclic amines) is 1. The van der Waals surface area contributed by atoms with E-state index in [9.17, 15) is 9.18 Å². The third kappa shape index (κ3) is 4.12. The lowest BCUT2D eigenvalue weighted by molar-refractivity contribution is 0.0702. The number of benzene rings is 1. The minimum Gasteiger partial charge on any atom is -0.338 e. The van der Waals surface area contributed by atoms with Crippen molar-refractivity contribution in [2.24, 2.45) is 0 Å². The molecule has 1 amide bonds. The largest absolute Gasteiger partial charge is 0.338 e. The molecule has 0 saturated carbocycles. The fourth-order valence-electron chi connectivity index (χ4n) is 3.59. The van der Waals surface area contributed by atoms with E-state index in [2.05, 4.69) is 28.5 Å². The van der Waals surface area contributed by atoms with Gasteiger partial charge in [-0.25, -0.2) is 9.37 Å². The third-order valence-corrected chi connectivity index (χ3v) is 5.03. The summed E-state index contributed by atoms with van der Waals surface area (Å²) < 4.78 is 15.5. The van der Waals surface area contributed by atoms with Gasteiger partial charge in [0.25, 0.3) is 5.91 Å². The molecule has 1 fully saturated rings. The van der Waals surface area contributed by atoms with Gasteiger partial charge in [-0.1, -0.05) is 0 Å². The minimum atomic E-state index is -0.307. The van der Waals surface area contributed by atoms with Gasteiger partial charge in [-0.2, -0.15) is 0 Å². The molecule has 0 radical (unpaired) electrons. The second-order valence-corrected chi connectivity index (χ2v) is 7.33. The molecule has 1 aliphatic heterocycles. The zero-order chi connectivity index (χ0) is 18.7. The highest BCUT2D eigenvalue weighted by molar-refractivity contribution is 5.95. The molecule has 0 spiro atoms. The summed E-state index contributed by atoms with van der Waals surface area (Å²) >= 11 is 0. The summed E-state index contributed by atoms with van der Waals surface area (Å²) in [5.41, 5.74) is 1.27. The van der Waals surface area contributed by atoms with Crippen molar-refractivity contribution in [2.45, 2.75) is 32.2 Å². The number of piperidine rings is 1. The van der Waals surface area contributed by atoms with E-state index in [0.29, 0.717) is 17.7 Å². The lowest BCUT2D eigenvalue weighted by Gasteiger charge is -2.33. The average molecular weight is 358 g/mol. The van der Waals surface area contributed by atoms with Crippen molar-refractivity contribution in [3.05, 3.63) is 53.4 Å². The van der Waals surface area contributed by atoms with Crippen molar-refractivity contribution >= 4 is 5.91 Å². The number of aryl methyl sites for hydroxylation is 1. The van der Waals surface area contributed by atoms with E-state index in [0.717, 1.165) is 38.3 Å². The van der Waals surface area contributed by atoms with Crippen LogP contribution in [0.25, 0.3) is 0 Å². The predicted molar refractivity (Wildman–Crippen MR) is 99.8 cm³/mol. The van der Waals surface area contributed by atoms with Crippen LogP contribution < -0.4 is 0 Å². The van der Waals surface area contributed by atoms with Crippen molar-refractivity contribution in [2.75, 3.05) is 33.7 Å². The van der Waals surface area contributed by atoms with Gasteiger partial charge in [0, 0.05) is 50.1 Å². The first-order chi connectivity index (χ1) is 12.5. The number of imidazole rings is 1. The Hall–Kier alpha value is -2.21. The Bertz CT molecular complexity index is 771. The van der Waals surface area contributed by atoms with E-state index in [4.69, 9.17) is 0 Å². The second kappa shape index (κ2) is 7.99. The molecular weight excluding hydrogens is 331 g/mol. The molecule has 1 saturated heterocycles.